The molecule has 0 fully saturated rings. The lowest BCUT2D eigenvalue weighted by atomic mass is 10.1. The zero-order valence-corrected chi connectivity index (χ0v) is 11.7. The van der Waals surface area contributed by atoms with Gasteiger partial charge in [0, 0.05) is 17.8 Å². The summed E-state index contributed by atoms with van der Waals surface area (Å²) in [6.45, 7) is 6.69. The number of carbonyl (C=O) groups is 1. The molecule has 0 bridgehead atoms. The minimum absolute atomic E-state index is 0.0560. The van der Waals surface area contributed by atoms with Crippen LogP contribution in [0.15, 0.2) is 48.5 Å². The Morgan fingerprint density at radius 1 is 1.05 bits per heavy atom. The molecular weight excluding hydrogens is 234 g/mol. The first-order valence-electron chi connectivity index (χ1n) is 6.57. The van der Waals surface area contributed by atoms with Crippen molar-refractivity contribution in [3.63, 3.8) is 0 Å². The molecule has 2 nitrogen and oxygen atoms in total. The van der Waals surface area contributed by atoms with Crippen molar-refractivity contribution in [2.24, 2.45) is 0 Å². The maximum Gasteiger partial charge on any atom is 0.258 e. The minimum atomic E-state index is 0.0560. The minimum Gasteiger partial charge on any atom is -0.308 e. The molecule has 1 amide bonds. The van der Waals surface area contributed by atoms with Crippen LogP contribution in [0.1, 0.15) is 28.4 Å². The van der Waals surface area contributed by atoms with Gasteiger partial charge in [-0.1, -0.05) is 35.9 Å². The van der Waals surface area contributed by atoms with E-state index in [9.17, 15) is 4.79 Å². The lowest BCUT2D eigenvalue weighted by Crippen LogP contribution is -2.31. The van der Waals surface area contributed by atoms with Crippen LogP contribution in [0.2, 0.25) is 0 Å². The van der Waals surface area contributed by atoms with Crippen molar-refractivity contribution in [1.82, 2.24) is 0 Å². The Balaban J connectivity index is 2.38. The number of hydrogen-bond acceptors (Lipinski definition) is 1. The molecule has 0 aromatic heterocycles. The number of nitrogens with zero attached hydrogens (tertiary/aromatic N) is 1. The second kappa shape index (κ2) is 5.70. The quantitative estimate of drug-likeness (QED) is 0.810. The molecule has 2 heteroatoms. The second-order valence-electron chi connectivity index (χ2n) is 4.71. The van der Waals surface area contributed by atoms with Crippen LogP contribution in [0.25, 0.3) is 0 Å². The van der Waals surface area contributed by atoms with Gasteiger partial charge in [0.15, 0.2) is 0 Å². The molecule has 0 aliphatic carbocycles. The average molecular weight is 253 g/mol. The van der Waals surface area contributed by atoms with Gasteiger partial charge in [0.25, 0.3) is 5.91 Å². The molecule has 2 aromatic rings. The topological polar surface area (TPSA) is 20.3 Å². The molecule has 0 heterocycles. The molecular formula is C17H19NO. The van der Waals surface area contributed by atoms with Crippen molar-refractivity contribution in [3.05, 3.63) is 65.2 Å². The van der Waals surface area contributed by atoms with Gasteiger partial charge in [0.05, 0.1) is 0 Å². The molecule has 0 aliphatic heterocycles. The number of para-hydroxylation sites is 1. The van der Waals surface area contributed by atoms with Gasteiger partial charge < -0.3 is 4.90 Å². The number of benzene rings is 2. The third-order valence-electron chi connectivity index (χ3n) is 3.23. The van der Waals surface area contributed by atoms with Gasteiger partial charge in [-0.2, -0.15) is 0 Å². The van der Waals surface area contributed by atoms with Gasteiger partial charge in [-0.15, -0.1) is 0 Å². The van der Waals surface area contributed by atoms with E-state index < -0.39 is 0 Å². The summed E-state index contributed by atoms with van der Waals surface area (Å²) < 4.78 is 0. The summed E-state index contributed by atoms with van der Waals surface area (Å²) in [4.78, 5) is 14.4. The highest BCUT2D eigenvalue weighted by atomic mass is 16.2. The van der Waals surface area contributed by atoms with E-state index in [2.05, 4.69) is 0 Å². The van der Waals surface area contributed by atoms with Gasteiger partial charge in [-0.05, 0) is 44.5 Å². The van der Waals surface area contributed by atoms with Crippen LogP contribution in [0.5, 0.6) is 0 Å². The van der Waals surface area contributed by atoms with Crippen molar-refractivity contribution in [1.29, 1.82) is 0 Å². The van der Waals surface area contributed by atoms with Crippen LogP contribution >= 0.6 is 0 Å². The van der Waals surface area contributed by atoms with Gasteiger partial charge >= 0.3 is 0 Å². The van der Waals surface area contributed by atoms with Gasteiger partial charge in [0.1, 0.15) is 0 Å². The molecule has 0 saturated carbocycles. The monoisotopic (exact) mass is 253 g/mol. The predicted molar refractivity (Wildman–Crippen MR) is 79.7 cm³/mol. The van der Waals surface area contributed by atoms with Crippen LogP contribution in [0.4, 0.5) is 5.69 Å². The van der Waals surface area contributed by atoms with Crippen molar-refractivity contribution in [2.75, 3.05) is 11.4 Å². The SMILES string of the molecule is CCN(C(=O)c1cccc(C)c1)c1ccccc1C. The largest absolute Gasteiger partial charge is 0.308 e. The Kier molecular flexibility index (Phi) is 4.00. The Hall–Kier alpha value is -2.09. The fraction of sp³-hybridized carbons (Fsp3) is 0.235. The molecule has 0 atom stereocenters. The normalized spacial score (nSPS) is 10.3. The lowest BCUT2D eigenvalue weighted by Gasteiger charge is -2.23. The molecule has 0 unspecified atom stereocenters. The van der Waals surface area contributed by atoms with E-state index in [4.69, 9.17) is 0 Å². The van der Waals surface area contributed by atoms with E-state index in [1.165, 1.54) is 0 Å². The van der Waals surface area contributed by atoms with Gasteiger partial charge in [-0.25, -0.2) is 0 Å². The zero-order valence-electron chi connectivity index (χ0n) is 11.7. The van der Waals surface area contributed by atoms with E-state index >= 15 is 0 Å². The Morgan fingerprint density at radius 3 is 2.42 bits per heavy atom. The molecule has 0 aliphatic rings. The number of carbonyl (C=O) groups excluding carboxylic acids is 1. The number of anilines is 1. The summed E-state index contributed by atoms with van der Waals surface area (Å²) in [6, 6.07) is 15.7. The third kappa shape index (κ3) is 2.84. The van der Waals surface area contributed by atoms with E-state index in [-0.39, 0.29) is 5.91 Å². The molecule has 0 spiro atoms. The number of hydrogen-bond donors (Lipinski definition) is 0. The predicted octanol–water partition coefficient (Wildman–Crippen LogP) is 3.97. The summed E-state index contributed by atoms with van der Waals surface area (Å²) in [5.74, 6) is 0.0560. The van der Waals surface area contributed by atoms with Crippen LogP contribution in [0.3, 0.4) is 0 Å². The smallest absolute Gasteiger partial charge is 0.258 e. The fourth-order valence-corrected chi connectivity index (χ4v) is 2.22. The first-order valence-corrected chi connectivity index (χ1v) is 6.57. The maximum absolute atomic E-state index is 12.6. The van der Waals surface area contributed by atoms with Crippen LogP contribution < -0.4 is 4.90 Å². The van der Waals surface area contributed by atoms with Crippen molar-refractivity contribution < 1.29 is 4.79 Å². The van der Waals surface area contributed by atoms with Crippen molar-refractivity contribution in [3.8, 4) is 0 Å². The molecule has 2 aromatic carbocycles. The fourth-order valence-electron chi connectivity index (χ4n) is 2.22. The van der Waals surface area contributed by atoms with E-state index in [1.54, 1.807) is 0 Å². The Labute approximate surface area is 114 Å². The highest BCUT2D eigenvalue weighted by Crippen LogP contribution is 2.21. The summed E-state index contributed by atoms with van der Waals surface area (Å²) in [7, 11) is 0. The van der Waals surface area contributed by atoms with Gasteiger partial charge in [0.2, 0.25) is 0 Å². The van der Waals surface area contributed by atoms with Crippen LogP contribution in [-0.2, 0) is 0 Å². The lowest BCUT2D eigenvalue weighted by molar-refractivity contribution is 0.0988. The number of amides is 1. The summed E-state index contributed by atoms with van der Waals surface area (Å²) in [5, 5.41) is 0. The first-order chi connectivity index (χ1) is 9.13. The molecule has 98 valence electrons. The number of aryl methyl sites for hydroxylation is 2. The highest BCUT2D eigenvalue weighted by molar-refractivity contribution is 6.06. The van der Waals surface area contributed by atoms with Crippen molar-refractivity contribution >= 4 is 11.6 Å². The summed E-state index contributed by atoms with van der Waals surface area (Å²) >= 11 is 0. The molecule has 0 radical (unpaired) electrons. The molecule has 0 saturated heterocycles. The van der Waals surface area contributed by atoms with E-state index in [0.717, 1.165) is 22.4 Å². The summed E-state index contributed by atoms with van der Waals surface area (Å²) in [5.41, 5.74) is 3.94. The first kappa shape index (κ1) is 13.3. The Morgan fingerprint density at radius 2 is 1.79 bits per heavy atom. The standard InChI is InChI=1S/C17H19NO/c1-4-18(16-11-6-5-9-14(16)3)17(19)15-10-7-8-13(2)12-15/h5-12H,4H2,1-3H3. The average Bonchev–Trinajstić information content (AvgIpc) is 2.41. The highest BCUT2D eigenvalue weighted by Gasteiger charge is 2.17. The molecule has 19 heavy (non-hydrogen) atoms. The maximum atomic E-state index is 12.6. The number of rotatable bonds is 3. The van der Waals surface area contributed by atoms with Gasteiger partial charge in [-0.3, -0.25) is 4.79 Å². The van der Waals surface area contributed by atoms with Crippen LogP contribution in [-0.4, -0.2) is 12.5 Å². The molecule has 0 N–H and O–H groups in total. The zero-order chi connectivity index (χ0) is 13.8. The second-order valence-corrected chi connectivity index (χ2v) is 4.71. The van der Waals surface area contributed by atoms with Crippen LogP contribution in [0, 0.1) is 13.8 Å². The van der Waals surface area contributed by atoms with E-state index in [0.29, 0.717) is 6.54 Å². The third-order valence-corrected chi connectivity index (χ3v) is 3.23. The molecule has 2 rings (SSSR count). The summed E-state index contributed by atoms with van der Waals surface area (Å²) in [6.07, 6.45) is 0. The Bertz CT molecular complexity index is 589. The van der Waals surface area contributed by atoms with E-state index in [1.807, 2.05) is 74.2 Å². The van der Waals surface area contributed by atoms with Crippen molar-refractivity contribution in [2.45, 2.75) is 20.8 Å².